The van der Waals surface area contributed by atoms with Crippen LogP contribution in [0.25, 0.3) is 10.8 Å². The van der Waals surface area contributed by atoms with Crippen molar-refractivity contribution in [3.05, 3.63) is 73.1 Å². The topological polar surface area (TPSA) is 61.6 Å². The first-order chi connectivity index (χ1) is 13.5. The van der Waals surface area contributed by atoms with E-state index >= 15 is 0 Å². The number of piperazine rings is 1. The maximum atomic E-state index is 12.7. The maximum absolute atomic E-state index is 12.7. The summed E-state index contributed by atoms with van der Waals surface area (Å²) in [5.41, 5.74) is 0. The first kappa shape index (κ1) is 18.6. The molecular formula is C21H22N3O3S+. The Morgan fingerprint density at radius 2 is 1.50 bits per heavy atom. The molecule has 0 radical (unpaired) electrons. The lowest BCUT2D eigenvalue weighted by atomic mass is 10.2. The van der Waals surface area contributed by atoms with Crippen LogP contribution in [0.15, 0.2) is 78.0 Å². The van der Waals surface area contributed by atoms with Crippen LogP contribution < -0.4 is 4.57 Å². The highest BCUT2D eigenvalue weighted by Crippen LogP contribution is 2.17. The molecule has 3 aromatic rings. The van der Waals surface area contributed by atoms with Crippen molar-refractivity contribution in [1.29, 1.82) is 0 Å². The van der Waals surface area contributed by atoms with Gasteiger partial charge in [-0.05, 0) is 23.6 Å². The number of carbonyl (C=O) groups excluding carboxylic acids is 1. The number of aromatic nitrogens is 1. The van der Waals surface area contributed by atoms with Gasteiger partial charge in [-0.3, -0.25) is 4.79 Å². The van der Waals surface area contributed by atoms with Crippen LogP contribution in [0.1, 0.15) is 0 Å². The third kappa shape index (κ3) is 3.76. The molecule has 0 N–H and O–H groups in total. The standard InChI is InChI=1S/C21H22N3O3S/c25-21(17-22-11-10-18-6-4-5-7-19(18)16-22)23-12-14-24(15-13-23)28(26,27)20-8-2-1-3-9-20/h1-11,16H,12-15,17H2/q+1. The predicted molar refractivity (Wildman–Crippen MR) is 106 cm³/mol. The van der Waals surface area contributed by atoms with Gasteiger partial charge in [0, 0.05) is 37.6 Å². The third-order valence-corrected chi connectivity index (χ3v) is 6.95. The van der Waals surface area contributed by atoms with Crippen molar-refractivity contribution in [2.45, 2.75) is 11.4 Å². The highest BCUT2D eigenvalue weighted by molar-refractivity contribution is 7.89. The van der Waals surface area contributed by atoms with Crippen LogP contribution in [-0.2, 0) is 21.4 Å². The van der Waals surface area contributed by atoms with Gasteiger partial charge in [-0.15, -0.1) is 0 Å². The average molecular weight is 396 g/mol. The van der Waals surface area contributed by atoms with Crippen molar-refractivity contribution in [2.75, 3.05) is 26.2 Å². The van der Waals surface area contributed by atoms with Gasteiger partial charge in [0.15, 0.2) is 12.4 Å². The quantitative estimate of drug-likeness (QED) is 0.630. The molecule has 1 aliphatic rings. The smallest absolute Gasteiger partial charge is 0.288 e. The van der Waals surface area contributed by atoms with E-state index in [4.69, 9.17) is 0 Å². The van der Waals surface area contributed by atoms with E-state index in [1.54, 1.807) is 35.2 Å². The van der Waals surface area contributed by atoms with Crippen molar-refractivity contribution in [1.82, 2.24) is 9.21 Å². The number of amides is 1. The molecule has 2 aromatic carbocycles. The minimum absolute atomic E-state index is 0.00274. The molecule has 0 spiro atoms. The van der Waals surface area contributed by atoms with Gasteiger partial charge < -0.3 is 4.90 Å². The van der Waals surface area contributed by atoms with E-state index in [0.29, 0.717) is 31.1 Å². The molecule has 7 heteroatoms. The second-order valence-electron chi connectivity index (χ2n) is 6.84. The Kier molecular flexibility index (Phi) is 5.11. The molecule has 1 fully saturated rings. The number of benzene rings is 2. The zero-order chi connectivity index (χ0) is 19.6. The zero-order valence-corrected chi connectivity index (χ0v) is 16.3. The lowest BCUT2D eigenvalue weighted by Crippen LogP contribution is -2.53. The normalized spacial score (nSPS) is 15.6. The number of sulfonamides is 1. The summed E-state index contributed by atoms with van der Waals surface area (Å²) in [4.78, 5) is 14.7. The highest BCUT2D eigenvalue weighted by atomic mass is 32.2. The fourth-order valence-electron chi connectivity index (χ4n) is 3.45. The number of pyridine rings is 1. The second kappa shape index (κ2) is 7.69. The van der Waals surface area contributed by atoms with Crippen molar-refractivity contribution >= 4 is 26.7 Å². The van der Waals surface area contributed by atoms with E-state index in [1.807, 2.05) is 47.3 Å². The molecule has 0 atom stereocenters. The molecule has 2 heterocycles. The molecule has 28 heavy (non-hydrogen) atoms. The Morgan fingerprint density at radius 1 is 0.857 bits per heavy atom. The van der Waals surface area contributed by atoms with Crippen LogP contribution in [0, 0.1) is 0 Å². The van der Waals surface area contributed by atoms with Gasteiger partial charge in [-0.2, -0.15) is 8.87 Å². The van der Waals surface area contributed by atoms with Crippen LogP contribution >= 0.6 is 0 Å². The molecule has 0 aliphatic carbocycles. The Balaban J connectivity index is 1.39. The number of rotatable bonds is 4. The fourth-order valence-corrected chi connectivity index (χ4v) is 4.90. The van der Waals surface area contributed by atoms with Gasteiger partial charge in [0.05, 0.1) is 4.90 Å². The zero-order valence-electron chi connectivity index (χ0n) is 15.4. The minimum Gasteiger partial charge on any atom is -0.335 e. The Labute approximate surface area is 164 Å². The molecule has 0 saturated carbocycles. The molecule has 6 nitrogen and oxygen atoms in total. The fraction of sp³-hybridized carbons (Fsp3) is 0.238. The Hall–Kier alpha value is -2.77. The van der Waals surface area contributed by atoms with Gasteiger partial charge in [-0.1, -0.05) is 36.4 Å². The average Bonchev–Trinajstić information content (AvgIpc) is 2.74. The summed E-state index contributed by atoms with van der Waals surface area (Å²) in [6.07, 6.45) is 3.86. The van der Waals surface area contributed by atoms with Crippen molar-refractivity contribution < 1.29 is 17.8 Å². The number of nitrogens with zero attached hydrogens (tertiary/aromatic N) is 3. The van der Waals surface area contributed by atoms with Crippen LogP contribution in [0.5, 0.6) is 0 Å². The molecule has 1 aromatic heterocycles. The summed E-state index contributed by atoms with van der Waals surface area (Å²) in [7, 11) is -3.50. The molecule has 1 aliphatic heterocycles. The Morgan fingerprint density at radius 3 is 2.21 bits per heavy atom. The molecule has 0 unspecified atom stereocenters. The van der Waals surface area contributed by atoms with Crippen LogP contribution in [0.4, 0.5) is 0 Å². The van der Waals surface area contributed by atoms with Crippen LogP contribution in [0.2, 0.25) is 0 Å². The molecule has 1 amide bonds. The number of carbonyl (C=O) groups is 1. The van der Waals surface area contributed by atoms with Crippen molar-refractivity contribution in [3.8, 4) is 0 Å². The number of hydrogen-bond donors (Lipinski definition) is 0. The monoisotopic (exact) mass is 396 g/mol. The second-order valence-corrected chi connectivity index (χ2v) is 8.78. The maximum Gasteiger partial charge on any atom is 0.288 e. The Bertz CT molecular complexity index is 1090. The SMILES string of the molecule is O=C(C[n+]1ccc2ccccc2c1)N1CCN(S(=O)(=O)c2ccccc2)CC1. The van der Waals surface area contributed by atoms with E-state index in [-0.39, 0.29) is 12.5 Å². The molecule has 144 valence electrons. The number of hydrogen-bond acceptors (Lipinski definition) is 3. The van der Waals surface area contributed by atoms with Crippen LogP contribution in [-0.4, -0.2) is 49.7 Å². The third-order valence-electron chi connectivity index (χ3n) is 5.04. The van der Waals surface area contributed by atoms with E-state index in [1.165, 1.54) is 4.31 Å². The van der Waals surface area contributed by atoms with E-state index in [2.05, 4.69) is 0 Å². The molecule has 0 bridgehead atoms. The molecule has 4 rings (SSSR count). The van der Waals surface area contributed by atoms with Gasteiger partial charge in [0.25, 0.3) is 5.91 Å². The van der Waals surface area contributed by atoms with Gasteiger partial charge in [-0.25, -0.2) is 8.42 Å². The minimum atomic E-state index is -3.50. The number of fused-ring (bicyclic) bond motifs is 1. The summed E-state index contributed by atoms with van der Waals surface area (Å²) >= 11 is 0. The van der Waals surface area contributed by atoms with Gasteiger partial charge >= 0.3 is 0 Å². The summed E-state index contributed by atoms with van der Waals surface area (Å²) in [5, 5.41) is 2.21. The first-order valence-electron chi connectivity index (χ1n) is 9.25. The highest BCUT2D eigenvalue weighted by Gasteiger charge is 2.30. The summed E-state index contributed by atoms with van der Waals surface area (Å²) < 4.78 is 28.7. The molecular weight excluding hydrogens is 374 g/mol. The van der Waals surface area contributed by atoms with E-state index < -0.39 is 10.0 Å². The molecule has 1 saturated heterocycles. The largest absolute Gasteiger partial charge is 0.335 e. The predicted octanol–water partition coefficient (Wildman–Crippen LogP) is 1.66. The van der Waals surface area contributed by atoms with Crippen molar-refractivity contribution in [2.24, 2.45) is 0 Å². The lowest BCUT2D eigenvalue weighted by molar-refractivity contribution is -0.683. The summed E-state index contributed by atoms with van der Waals surface area (Å²) in [5.74, 6) is -0.00274. The summed E-state index contributed by atoms with van der Waals surface area (Å²) in [6, 6.07) is 18.4. The van der Waals surface area contributed by atoms with Gasteiger partial charge in [0.2, 0.25) is 16.6 Å². The van der Waals surface area contributed by atoms with Crippen LogP contribution in [0.3, 0.4) is 0 Å². The lowest BCUT2D eigenvalue weighted by Gasteiger charge is -2.33. The van der Waals surface area contributed by atoms with E-state index in [0.717, 1.165) is 10.8 Å². The first-order valence-corrected chi connectivity index (χ1v) is 10.7. The van der Waals surface area contributed by atoms with E-state index in [9.17, 15) is 13.2 Å². The van der Waals surface area contributed by atoms with Gasteiger partial charge in [0.1, 0.15) is 0 Å². The summed E-state index contributed by atoms with van der Waals surface area (Å²) in [6.45, 7) is 1.67. The van der Waals surface area contributed by atoms with Crippen molar-refractivity contribution in [3.63, 3.8) is 0 Å².